The number of methoxy groups -OCH3 is 1. The van der Waals surface area contributed by atoms with Crippen LogP contribution in [0.25, 0.3) is 6.08 Å². The van der Waals surface area contributed by atoms with Crippen LogP contribution in [0.4, 0.5) is 0 Å². The van der Waals surface area contributed by atoms with E-state index in [1.165, 1.54) is 19.1 Å². The van der Waals surface area contributed by atoms with E-state index < -0.39 is 28.3 Å². The van der Waals surface area contributed by atoms with Crippen LogP contribution in [0.2, 0.25) is 0 Å². The van der Waals surface area contributed by atoms with E-state index in [9.17, 15) is 18.0 Å². The summed E-state index contributed by atoms with van der Waals surface area (Å²) < 4.78 is 38.6. The minimum atomic E-state index is -3.10. The van der Waals surface area contributed by atoms with Crippen LogP contribution in [0.5, 0.6) is 11.5 Å². The first-order chi connectivity index (χ1) is 13.3. The van der Waals surface area contributed by atoms with Crippen molar-refractivity contribution in [2.24, 2.45) is 0 Å². The quantitative estimate of drug-likeness (QED) is 0.595. The van der Waals surface area contributed by atoms with Crippen molar-refractivity contribution in [3.63, 3.8) is 0 Å². The molecule has 1 aromatic carbocycles. The number of ether oxygens (including phenoxy) is 3. The van der Waals surface area contributed by atoms with Gasteiger partial charge in [0.25, 0.3) is 5.91 Å². The Morgan fingerprint density at radius 2 is 2.00 bits per heavy atom. The highest BCUT2D eigenvalue weighted by Gasteiger charge is 2.32. The number of likely N-dealkylation sites (N-methyl/N-ethyl adjacent to an activating group) is 1. The molecule has 1 amide bonds. The molecule has 0 N–H and O–H groups in total. The summed E-state index contributed by atoms with van der Waals surface area (Å²) in [4.78, 5) is 25.3. The number of amides is 1. The fraction of sp³-hybridized carbons (Fsp3) is 0.474. The molecular weight excluding hydrogens is 386 g/mol. The number of hydrogen-bond donors (Lipinski definition) is 0. The zero-order valence-electron chi connectivity index (χ0n) is 16.2. The zero-order chi connectivity index (χ0) is 20.7. The number of allylic oxidation sites excluding steroid dienone is 1. The van der Waals surface area contributed by atoms with Gasteiger partial charge < -0.3 is 19.1 Å². The SMILES string of the molecule is C/C=C/c1ccc(OCC(=O)OCC(=O)N(C)[C@@H]2CCS(=O)(=O)C2)c(OC)c1. The topological polar surface area (TPSA) is 99.2 Å². The second kappa shape index (κ2) is 9.59. The highest BCUT2D eigenvalue weighted by molar-refractivity contribution is 7.91. The predicted octanol–water partition coefficient (Wildman–Crippen LogP) is 1.30. The molecular formula is C19H25NO7S. The van der Waals surface area contributed by atoms with Crippen LogP contribution < -0.4 is 9.47 Å². The van der Waals surface area contributed by atoms with Gasteiger partial charge in [-0.3, -0.25) is 4.79 Å². The largest absolute Gasteiger partial charge is 0.493 e. The molecule has 0 bridgehead atoms. The Labute approximate surface area is 165 Å². The molecule has 1 aliphatic heterocycles. The molecule has 28 heavy (non-hydrogen) atoms. The van der Waals surface area contributed by atoms with E-state index in [0.29, 0.717) is 17.9 Å². The van der Waals surface area contributed by atoms with Gasteiger partial charge in [-0.2, -0.15) is 0 Å². The van der Waals surface area contributed by atoms with Gasteiger partial charge in [-0.05, 0) is 31.0 Å². The summed E-state index contributed by atoms with van der Waals surface area (Å²) in [5, 5.41) is 0. The third-order valence-electron chi connectivity index (χ3n) is 4.40. The summed E-state index contributed by atoms with van der Waals surface area (Å²) in [6.45, 7) is 1.05. The van der Waals surface area contributed by atoms with Crippen molar-refractivity contribution in [2.75, 3.05) is 38.9 Å². The molecule has 0 saturated carbocycles. The van der Waals surface area contributed by atoms with Crippen LogP contribution in [-0.2, 0) is 24.2 Å². The number of esters is 1. The molecule has 2 rings (SSSR count). The van der Waals surface area contributed by atoms with E-state index in [0.717, 1.165) is 5.56 Å². The molecule has 0 aromatic heterocycles. The van der Waals surface area contributed by atoms with Gasteiger partial charge in [0.1, 0.15) is 0 Å². The van der Waals surface area contributed by atoms with E-state index in [1.54, 1.807) is 12.1 Å². The van der Waals surface area contributed by atoms with Crippen molar-refractivity contribution in [1.29, 1.82) is 0 Å². The van der Waals surface area contributed by atoms with Crippen LogP contribution in [0.15, 0.2) is 24.3 Å². The lowest BCUT2D eigenvalue weighted by atomic mass is 10.2. The lowest BCUT2D eigenvalue weighted by molar-refractivity contribution is -0.153. The number of sulfone groups is 1. The number of carbonyl (C=O) groups excluding carboxylic acids is 2. The zero-order valence-corrected chi connectivity index (χ0v) is 17.0. The number of nitrogens with zero attached hydrogens (tertiary/aromatic N) is 1. The first kappa shape index (κ1) is 21.7. The lowest BCUT2D eigenvalue weighted by Crippen LogP contribution is -2.40. The molecule has 1 saturated heterocycles. The number of hydrogen-bond acceptors (Lipinski definition) is 7. The Bertz CT molecular complexity index is 848. The molecule has 1 aromatic rings. The standard InChI is InChI=1S/C19H25NO7S/c1-4-5-14-6-7-16(17(10-14)25-3)26-12-19(22)27-11-18(21)20(2)15-8-9-28(23,24)13-15/h4-7,10,15H,8-9,11-13H2,1-3H3/b5-4+/t15-/m1/s1. The van der Waals surface area contributed by atoms with Gasteiger partial charge >= 0.3 is 5.97 Å². The van der Waals surface area contributed by atoms with E-state index in [1.807, 2.05) is 25.1 Å². The summed E-state index contributed by atoms with van der Waals surface area (Å²) in [5.41, 5.74) is 0.928. The smallest absolute Gasteiger partial charge is 0.344 e. The van der Waals surface area contributed by atoms with Crippen molar-refractivity contribution in [3.8, 4) is 11.5 Å². The second-order valence-electron chi connectivity index (χ2n) is 6.42. The van der Waals surface area contributed by atoms with Gasteiger partial charge in [0.2, 0.25) is 0 Å². The van der Waals surface area contributed by atoms with Crippen molar-refractivity contribution in [1.82, 2.24) is 4.90 Å². The van der Waals surface area contributed by atoms with E-state index in [2.05, 4.69) is 0 Å². The maximum atomic E-state index is 12.1. The normalized spacial score (nSPS) is 18.0. The van der Waals surface area contributed by atoms with E-state index >= 15 is 0 Å². The van der Waals surface area contributed by atoms with Crippen LogP contribution >= 0.6 is 0 Å². The van der Waals surface area contributed by atoms with Crippen LogP contribution in [0, 0.1) is 0 Å². The van der Waals surface area contributed by atoms with Crippen LogP contribution in [0.1, 0.15) is 18.9 Å². The summed E-state index contributed by atoms with van der Waals surface area (Å²) in [6.07, 6.45) is 4.19. The maximum Gasteiger partial charge on any atom is 0.344 e. The maximum absolute atomic E-state index is 12.1. The molecule has 1 aliphatic rings. The van der Waals surface area contributed by atoms with Gasteiger partial charge in [0, 0.05) is 13.1 Å². The van der Waals surface area contributed by atoms with Gasteiger partial charge in [-0.1, -0.05) is 18.2 Å². The van der Waals surface area contributed by atoms with Crippen molar-refractivity contribution < 1.29 is 32.2 Å². The van der Waals surface area contributed by atoms with E-state index in [4.69, 9.17) is 14.2 Å². The summed E-state index contributed by atoms with van der Waals surface area (Å²) >= 11 is 0. The van der Waals surface area contributed by atoms with Crippen molar-refractivity contribution in [2.45, 2.75) is 19.4 Å². The molecule has 0 unspecified atom stereocenters. The van der Waals surface area contributed by atoms with Gasteiger partial charge in [0.15, 0.2) is 34.6 Å². The summed E-state index contributed by atoms with van der Waals surface area (Å²) in [6, 6.07) is 4.89. The van der Waals surface area contributed by atoms with Crippen molar-refractivity contribution >= 4 is 27.8 Å². The van der Waals surface area contributed by atoms with Gasteiger partial charge in [0.05, 0.1) is 18.6 Å². The Balaban J connectivity index is 1.82. The Morgan fingerprint density at radius 3 is 2.61 bits per heavy atom. The first-order valence-corrected chi connectivity index (χ1v) is 10.6. The number of carbonyl (C=O) groups is 2. The third-order valence-corrected chi connectivity index (χ3v) is 6.15. The molecule has 1 heterocycles. The molecule has 9 heteroatoms. The molecule has 0 radical (unpaired) electrons. The predicted molar refractivity (Wildman–Crippen MR) is 104 cm³/mol. The van der Waals surface area contributed by atoms with Gasteiger partial charge in [-0.15, -0.1) is 0 Å². The fourth-order valence-corrected chi connectivity index (χ4v) is 4.58. The summed E-state index contributed by atoms with van der Waals surface area (Å²) in [7, 11) is -0.0888. The van der Waals surface area contributed by atoms with E-state index in [-0.39, 0.29) is 24.2 Å². The minimum Gasteiger partial charge on any atom is -0.493 e. The molecule has 8 nitrogen and oxygen atoms in total. The average molecular weight is 411 g/mol. The third kappa shape index (κ3) is 5.98. The Morgan fingerprint density at radius 1 is 1.25 bits per heavy atom. The first-order valence-electron chi connectivity index (χ1n) is 8.81. The Hall–Kier alpha value is -2.55. The highest BCUT2D eigenvalue weighted by atomic mass is 32.2. The molecule has 0 aliphatic carbocycles. The molecule has 0 spiro atoms. The fourth-order valence-electron chi connectivity index (χ4n) is 2.81. The molecule has 1 atom stereocenters. The minimum absolute atomic E-state index is 0.0602. The van der Waals surface area contributed by atoms with Gasteiger partial charge in [-0.25, -0.2) is 13.2 Å². The van der Waals surface area contributed by atoms with Crippen LogP contribution in [-0.4, -0.2) is 70.1 Å². The average Bonchev–Trinajstić information content (AvgIpc) is 3.04. The van der Waals surface area contributed by atoms with Crippen molar-refractivity contribution in [3.05, 3.63) is 29.8 Å². The second-order valence-corrected chi connectivity index (χ2v) is 8.65. The molecule has 154 valence electrons. The highest BCUT2D eigenvalue weighted by Crippen LogP contribution is 2.28. The Kier molecular flexibility index (Phi) is 7.45. The number of benzene rings is 1. The monoisotopic (exact) mass is 411 g/mol. The van der Waals surface area contributed by atoms with Crippen LogP contribution in [0.3, 0.4) is 0 Å². The number of rotatable bonds is 8. The summed E-state index contributed by atoms with van der Waals surface area (Å²) in [5.74, 6) is -0.301. The lowest BCUT2D eigenvalue weighted by Gasteiger charge is -2.23. The molecule has 1 fully saturated rings.